The van der Waals surface area contributed by atoms with Crippen molar-refractivity contribution >= 4 is 139 Å². The van der Waals surface area contributed by atoms with Crippen molar-refractivity contribution in [1.82, 2.24) is 26.2 Å². The molecule has 0 bridgehead atoms. The second-order valence-electron chi connectivity index (χ2n) is 30.4. The number of anilines is 5. The molecule has 0 aliphatic carbocycles. The van der Waals surface area contributed by atoms with Gasteiger partial charge in [0.05, 0.1) is 27.9 Å². The van der Waals surface area contributed by atoms with E-state index in [0.717, 1.165) is 105 Å². The smallest absolute Gasteiger partial charge is 1.00 e. The van der Waals surface area contributed by atoms with Crippen LogP contribution in [0.4, 0.5) is 73.6 Å². The molecular weight excluding hydrogens is 1700 g/mol. The van der Waals surface area contributed by atoms with Crippen LogP contribution in [-0.4, -0.2) is 165 Å². The Kier molecular flexibility index (Phi) is 51.5. The van der Waals surface area contributed by atoms with Crippen LogP contribution in [0.5, 0.6) is 0 Å². The minimum Gasteiger partial charge on any atom is -1.00 e. The van der Waals surface area contributed by atoms with Crippen molar-refractivity contribution in [2.45, 2.75) is 201 Å². The van der Waals surface area contributed by atoms with Gasteiger partial charge in [-0.1, -0.05) is 6.92 Å². The van der Waals surface area contributed by atoms with E-state index in [0.29, 0.717) is 78.3 Å². The van der Waals surface area contributed by atoms with Crippen molar-refractivity contribution in [2.24, 2.45) is 22.9 Å². The van der Waals surface area contributed by atoms with Crippen LogP contribution in [0.1, 0.15) is 180 Å². The number of nitriles is 2. The zero-order chi connectivity index (χ0) is 87.9. The second kappa shape index (κ2) is 54.4. The van der Waals surface area contributed by atoms with Crippen molar-refractivity contribution < 1.29 is 193 Å². The SMILES string of the molecule is CC(C)(C)OC(=O)NC1CCN(c2cc(F)c(C#N)c(F)c2)CC1.CC(C)(C)OC(=O)NC1CCN(c2cc(F)c3c(N)c(C(N)=O)sc3c2)CC1.CC(C)(C)OC(=O)NC1CCNCC1.CCN(C(C)C)C(C)C.Cl.N#Cc1c(F)cc(F)cc1F.NC(=O)CS.NC(=O)c1sc2cc(N3CCC(N)CC3)cc(F)c2c1N.O=CO[O-].[H-].[K+].[K+]. The molecule has 0 unspecified atom stereocenters. The zero-order valence-electron chi connectivity index (χ0n) is 71.3. The number of carbonyl (C=O) groups is 7. The Hall–Kier alpha value is -6.27. The summed E-state index contributed by atoms with van der Waals surface area (Å²) in [6.07, 6.45) is 5.28. The van der Waals surface area contributed by atoms with Crippen molar-refractivity contribution in [1.29, 1.82) is 10.5 Å². The summed E-state index contributed by atoms with van der Waals surface area (Å²) in [5.41, 5.74) is 32.1. The van der Waals surface area contributed by atoms with E-state index in [-0.39, 0.29) is 197 Å². The molecule has 41 heteroatoms. The van der Waals surface area contributed by atoms with Crippen LogP contribution in [0.2, 0.25) is 0 Å². The number of amides is 6. The first kappa shape index (κ1) is 113. The minimum atomic E-state index is -1.18. The van der Waals surface area contributed by atoms with E-state index in [1.54, 1.807) is 20.8 Å². The van der Waals surface area contributed by atoms with E-state index < -0.39 is 92.7 Å². The van der Waals surface area contributed by atoms with E-state index >= 15 is 0 Å². The summed E-state index contributed by atoms with van der Waals surface area (Å²) >= 11 is 5.77. The molecule has 0 radical (unpaired) electrons. The Bertz CT molecular complexity index is 4300. The van der Waals surface area contributed by atoms with Crippen molar-refractivity contribution in [2.75, 3.05) is 90.8 Å². The van der Waals surface area contributed by atoms with Gasteiger partial charge in [0.15, 0.2) is 0 Å². The molecule has 4 aliphatic rings. The van der Waals surface area contributed by atoms with Gasteiger partial charge in [0.2, 0.25) is 5.91 Å². The number of alkyl carbamates (subject to hydrolysis) is 3. The van der Waals surface area contributed by atoms with Crippen LogP contribution < -0.4 is 178 Å². The van der Waals surface area contributed by atoms with Crippen molar-refractivity contribution in [3.05, 3.63) is 110 Å². The maximum absolute atomic E-state index is 14.6. The number of ether oxygens (including phenoxy) is 3. The summed E-state index contributed by atoms with van der Waals surface area (Å²) < 4.78 is 110. The molecule has 2 aromatic heterocycles. The number of nitrogens with zero attached hydrogens (tertiary/aromatic N) is 6. The first-order chi connectivity index (χ1) is 54.1. The fourth-order valence-corrected chi connectivity index (χ4v) is 14.1. The first-order valence-electron chi connectivity index (χ1n) is 37.2. The Labute approximate surface area is 797 Å². The number of rotatable bonds is 13. The number of fused-ring (bicyclic) bond motifs is 2. The number of hydrogen-bond donors (Lipinski definition) is 11. The summed E-state index contributed by atoms with van der Waals surface area (Å²) in [5.74, 6) is -7.51. The molecular formula is C78H112ClF7K2N16O12S3. The van der Waals surface area contributed by atoms with Gasteiger partial charge in [0.1, 0.15) is 90.5 Å². The maximum Gasteiger partial charge on any atom is 1.00 e. The average Bonchev–Trinajstić information content (AvgIpc) is 1.63. The number of primary amides is 3. The molecule has 10 rings (SSSR count). The van der Waals surface area contributed by atoms with Crippen LogP contribution in [0.15, 0.2) is 48.5 Å². The van der Waals surface area contributed by atoms with Gasteiger partial charge in [0, 0.05) is 114 Å². The summed E-state index contributed by atoms with van der Waals surface area (Å²) in [7, 11) is 0. The Morgan fingerprint density at radius 2 is 0.849 bits per heavy atom. The van der Waals surface area contributed by atoms with Gasteiger partial charge in [-0.05, 0) is 197 Å². The molecule has 28 nitrogen and oxygen atoms in total. The third kappa shape index (κ3) is 39.9. The average molecular weight is 1810 g/mol. The zero-order valence-corrected chi connectivity index (χ0v) is 79.8. The van der Waals surface area contributed by atoms with Crippen molar-refractivity contribution in [3.63, 3.8) is 0 Å². The number of nitrogens with one attached hydrogen (secondary N) is 4. The van der Waals surface area contributed by atoms with E-state index in [4.69, 9.17) is 63.5 Å². The number of thiol groups is 1. The molecule has 4 saturated heterocycles. The Morgan fingerprint density at radius 1 is 0.571 bits per heavy atom. The topological polar surface area (TPSA) is 444 Å². The van der Waals surface area contributed by atoms with Gasteiger partial charge in [-0.15, -0.1) is 35.1 Å². The molecule has 6 amide bonds. The molecule has 0 saturated carbocycles. The van der Waals surface area contributed by atoms with E-state index in [1.165, 1.54) is 36.4 Å². The third-order valence-electron chi connectivity index (χ3n) is 17.2. The first-order valence-corrected chi connectivity index (χ1v) is 39.5. The standard InChI is InChI=1S/C19H25FN4O3S.C17H21F2N3O2.C14H17FN4OS.C10H20N2O2.C8H19N.C7H2F3N.C2H5NOS.CH2O3.ClH.2K.H/c1-19(2,3)27-18(26)23-10-4-6-24(7-5-10)11-8-12(20)14-13(9-11)28-16(15(14)21)17(22)25;1-17(2,3)24-16(23)21-11-4-6-22(7-5-11)12-8-14(18)13(10-20)15(19)9-12;15-9-5-8(19-3-1-7(16)2-4-19)6-10-11(9)12(17)13(21-10)14(18)20;1-10(2,3)14-9(13)12-8-4-6-11-7-5-8;1-6-9(7(2)3)8(4)5;8-4-1-6(9)5(3-11)7(10)2-4;3-2(4)1-5;2-1-4-3;;;;/h8-10H,4-7,21H2,1-3H3,(H2,22,25)(H,23,26);8-9,11H,4-7H2,1-3H3,(H,21,23);5-7H,1-4,16-17H2,(H2,18,20);8,11H,4-7H2,1-3H3,(H,12,13);7-8H,6H2,1-5H3;1-2H;5H,1H2,(H2,3,4);1,3H;1H;;;/q;;;;;;;;;2*+1;-1/p-1. The number of halogens is 8. The normalized spacial score (nSPS) is 14.3. The van der Waals surface area contributed by atoms with Gasteiger partial charge >= 0.3 is 121 Å². The van der Waals surface area contributed by atoms with Crippen LogP contribution in [-0.2, 0) is 28.7 Å². The predicted molar refractivity (Wildman–Crippen MR) is 447 cm³/mol. The number of hydrogen-bond acceptors (Lipinski definition) is 25. The monoisotopic (exact) mass is 1810 g/mol. The van der Waals surface area contributed by atoms with E-state index in [1.807, 2.05) is 58.6 Å². The summed E-state index contributed by atoms with van der Waals surface area (Å²) in [5, 5.41) is 37.6. The molecule has 0 spiro atoms. The maximum atomic E-state index is 14.6. The minimum absolute atomic E-state index is 0. The van der Waals surface area contributed by atoms with Crippen LogP contribution >= 0.6 is 47.7 Å². The van der Waals surface area contributed by atoms with E-state index in [9.17, 15) is 59.5 Å². The number of carbonyl (C=O) groups excluding carboxylic acids is 7. The van der Waals surface area contributed by atoms with Crippen LogP contribution in [0.25, 0.3) is 20.2 Å². The van der Waals surface area contributed by atoms with Crippen LogP contribution in [0.3, 0.4) is 0 Å². The molecule has 4 aromatic carbocycles. The van der Waals surface area contributed by atoms with Crippen LogP contribution in [0, 0.1) is 63.4 Å². The largest absolute Gasteiger partial charge is 1.00 e. The predicted octanol–water partition coefficient (Wildman–Crippen LogP) is 5.94. The van der Waals surface area contributed by atoms with Gasteiger partial charge in [-0.2, -0.15) is 23.2 Å². The van der Waals surface area contributed by atoms with Gasteiger partial charge < -0.3 is 96.2 Å². The second-order valence-corrected chi connectivity index (χ2v) is 32.8. The van der Waals surface area contributed by atoms with E-state index in [2.05, 4.69) is 93.8 Å². The summed E-state index contributed by atoms with van der Waals surface area (Å²) in [4.78, 5) is 87.4. The molecule has 119 heavy (non-hydrogen) atoms. The molecule has 6 heterocycles. The summed E-state index contributed by atoms with van der Waals surface area (Å²) in [6, 6.07) is 14.5. The van der Waals surface area contributed by atoms with Gasteiger partial charge in [-0.25, -0.2) is 45.1 Å². The molecule has 4 aliphatic heterocycles. The third-order valence-corrected chi connectivity index (χ3v) is 19.9. The molecule has 0 atom stereocenters. The summed E-state index contributed by atoms with van der Waals surface area (Å²) in [6.45, 7) is 34.6. The Morgan fingerprint density at radius 3 is 1.10 bits per heavy atom. The van der Waals surface area contributed by atoms with Gasteiger partial charge in [0.25, 0.3) is 18.3 Å². The molecule has 16 N–H and O–H groups in total. The van der Waals surface area contributed by atoms with Crippen molar-refractivity contribution in [3.8, 4) is 12.1 Å². The fraction of sp³-hybridized carbons (Fsp3) is 0.526. The quantitative estimate of drug-likeness (QED) is 0.0121. The fourth-order valence-electron chi connectivity index (χ4n) is 12.0. The molecule has 4 fully saturated rings. The number of piperidine rings is 4. The number of thiophene rings is 2. The Balaban J connectivity index is 0. The number of nitrogen functional groups attached to an aromatic ring is 2. The number of nitrogens with two attached hydrogens (primary N) is 6. The molecule has 6 aromatic rings. The number of benzene rings is 4. The van der Waals surface area contributed by atoms with Gasteiger partial charge in [-0.3, -0.25) is 24.1 Å². The molecule has 652 valence electrons.